The standard InChI is InChI=1S/C26H42N4O5S/c1-19-15-23(34-6)16-20(2)26(19)36(33)28(4)13-14-35-18-25(32)29(5)21-7-9-22(10-8-21)30-12-11-27(3)17-24(30)31/h15-16,21-22H,7-14,17-18H2,1-6H3. The number of likely N-dealkylation sites (N-methyl/N-ethyl adjacent to an activating group) is 3. The van der Waals surface area contributed by atoms with Crippen LogP contribution in [0.15, 0.2) is 17.0 Å². The molecule has 2 fully saturated rings. The Hall–Kier alpha value is -2.01. The molecule has 1 aromatic carbocycles. The van der Waals surface area contributed by atoms with Gasteiger partial charge < -0.3 is 19.3 Å². The summed E-state index contributed by atoms with van der Waals surface area (Å²) in [6, 6.07) is 4.23. The van der Waals surface area contributed by atoms with Crippen molar-refractivity contribution in [3.8, 4) is 5.75 Å². The Morgan fingerprint density at radius 2 is 1.75 bits per heavy atom. The van der Waals surface area contributed by atoms with Crippen LogP contribution in [0.4, 0.5) is 0 Å². The summed E-state index contributed by atoms with van der Waals surface area (Å²) in [5, 5.41) is 0. The summed E-state index contributed by atoms with van der Waals surface area (Å²) in [6.07, 6.45) is 3.66. The lowest BCUT2D eigenvalue weighted by Gasteiger charge is -2.42. The highest BCUT2D eigenvalue weighted by Crippen LogP contribution is 2.27. The predicted octanol–water partition coefficient (Wildman–Crippen LogP) is 1.83. The van der Waals surface area contributed by atoms with Gasteiger partial charge in [0, 0.05) is 45.8 Å². The summed E-state index contributed by atoms with van der Waals surface area (Å²) in [7, 11) is 5.91. The third kappa shape index (κ3) is 7.06. The Morgan fingerprint density at radius 1 is 1.11 bits per heavy atom. The number of methoxy groups -OCH3 is 1. The summed E-state index contributed by atoms with van der Waals surface area (Å²) in [6.45, 7) is 6.84. The van der Waals surface area contributed by atoms with Crippen LogP contribution in [0.1, 0.15) is 36.8 Å². The van der Waals surface area contributed by atoms with Crippen molar-refractivity contribution in [2.75, 3.05) is 67.6 Å². The van der Waals surface area contributed by atoms with Crippen molar-refractivity contribution >= 4 is 22.8 Å². The van der Waals surface area contributed by atoms with Crippen LogP contribution in [0.3, 0.4) is 0 Å². The number of aryl methyl sites for hydroxylation is 2. The zero-order valence-electron chi connectivity index (χ0n) is 22.6. The number of hydrogen-bond donors (Lipinski definition) is 0. The molecule has 1 saturated heterocycles. The fourth-order valence-electron chi connectivity index (χ4n) is 5.15. The topological polar surface area (TPSA) is 82.6 Å². The highest BCUT2D eigenvalue weighted by atomic mass is 32.2. The maximum absolute atomic E-state index is 13.0. The number of ether oxygens (including phenoxy) is 2. The summed E-state index contributed by atoms with van der Waals surface area (Å²) in [4.78, 5) is 31.8. The van der Waals surface area contributed by atoms with Crippen LogP contribution in [0, 0.1) is 13.8 Å². The van der Waals surface area contributed by atoms with E-state index in [0.717, 1.165) is 60.5 Å². The van der Waals surface area contributed by atoms with E-state index in [2.05, 4.69) is 4.90 Å². The minimum atomic E-state index is -1.33. The lowest BCUT2D eigenvalue weighted by atomic mass is 9.89. The molecule has 0 radical (unpaired) electrons. The van der Waals surface area contributed by atoms with E-state index in [1.54, 1.807) is 23.4 Å². The third-order valence-corrected chi connectivity index (χ3v) is 9.14. The van der Waals surface area contributed by atoms with Crippen molar-refractivity contribution in [3.05, 3.63) is 23.3 Å². The molecule has 1 aromatic rings. The van der Waals surface area contributed by atoms with Gasteiger partial charge in [0.1, 0.15) is 23.3 Å². The van der Waals surface area contributed by atoms with E-state index in [1.807, 2.05) is 45.0 Å². The Kier molecular flexibility index (Phi) is 10.3. The Balaban J connectivity index is 1.39. The lowest BCUT2D eigenvalue weighted by molar-refractivity contribution is -0.141. The van der Waals surface area contributed by atoms with E-state index >= 15 is 0 Å². The molecule has 202 valence electrons. The van der Waals surface area contributed by atoms with E-state index in [9.17, 15) is 13.8 Å². The predicted molar refractivity (Wildman–Crippen MR) is 140 cm³/mol. The molecule has 9 nitrogen and oxygen atoms in total. The molecule has 2 amide bonds. The Morgan fingerprint density at radius 3 is 2.33 bits per heavy atom. The average molecular weight is 523 g/mol. The minimum absolute atomic E-state index is 0.00837. The SMILES string of the molecule is COc1cc(C)c(S(=O)N(C)CCOCC(=O)N(C)C2CCC(N3CCN(C)CC3=O)CC2)c(C)c1. The van der Waals surface area contributed by atoms with E-state index in [4.69, 9.17) is 9.47 Å². The van der Waals surface area contributed by atoms with Gasteiger partial charge in [-0.1, -0.05) is 0 Å². The zero-order chi connectivity index (χ0) is 26.4. The number of carbonyl (C=O) groups excluding carboxylic acids is 2. The molecule has 1 atom stereocenters. The van der Waals surface area contributed by atoms with Crippen molar-refractivity contribution in [3.63, 3.8) is 0 Å². The molecular weight excluding hydrogens is 480 g/mol. The summed E-state index contributed by atoms with van der Waals surface area (Å²) >= 11 is 0. The van der Waals surface area contributed by atoms with E-state index < -0.39 is 11.0 Å². The molecule has 0 spiro atoms. The van der Waals surface area contributed by atoms with Gasteiger partial charge in [0.05, 0.1) is 25.2 Å². The highest BCUT2D eigenvalue weighted by molar-refractivity contribution is 7.82. The molecular formula is C26H42N4O5S. The summed E-state index contributed by atoms with van der Waals surface area (Å²) in [5.74, 6) is 0.925. The highest BCUT2D eigenvalue weighted by Gasteiger charge is 2.33. The van der Waals surface area contributed by atoms with Gasteiger partial charge in [0.2, 0.25) is 11.8 Å². The normalized spacial score (nSPS) is 22.1. The van der Waals surface area contributed by atoms with Crippen LogP contribution in [-0.2, 0) is 25.3 Å². The van der Waals surface area contributed by atoms with Gasteiger partial charge in [-0.05, 0) is 69.8 Å². The fourth-order valence-corrected chi connectivity index (χ4v) is 6.37. The maximum Gasteiger partial charge on any atom is 0.248 e. The van der Waals surface area contributed by atoms with Crippen LogP contribution in [0.25, 0.3) is 0 Å². The Labute approximate surface area is 218 Å². The molecule has 1 aliphatic heterocycles. The number of hydrogen-bond acceptors (Lipinski definition) is 6. The Bertz CT molecular complexity index is 927. The molecule has 0 bridgehead atoms. The summed E-state index contributed by atoms with van der Waals surface area (Å²) in [5.41, 5.74) is 1.84. The van der Waals surface area contributed by atoms with Crippen LogP contribution < -0.4 is 4.74 Å². The monoisotopic (exact) mass is 522 g/mol. The van der Waals surface area contributed by atoms with E-state index in [0.29, 0.717) is 19.7 Å². The number of amides is 2. The fraction of sp³-hybridized carbons (Fsp3) is 0.692. The van der Waals surface area contributed by atoms with Crippen LogP contribution in [-0.4, -0.2) is 115 Å². The smallest absolute Gasteiger partial charge is 0.248 e. The van der Waals surface area contributed by atoms with Gasteiger partial charge in [0.15, 0.2) is 0 Å². The first-order valence-electron chi connectivity index (χ1n) is 12.7. The van der Waals surface area contributed by atoms with Crippen molar-refractivity contribution in [1.82, 2.24) is 19.0 Å². The third-order valence-electron chi connectivity index (χ3n) is 7.40. The average Bonchev–Trinajstić information content (AvgIpc) is 2.85. The molecule has 10 heteroatoms. The second-order valence-corrected chi connectivity index (χ2v) is 11.6. The molecule has 2 aliphatic rings. The molecule has 1 aliphatic carbocycles. The first-order chi connectivity index (χ1) is 17.1. The zero-order valence-corrected chi connectivity index (χ0v) is 23.4. The molecule has 1 saturated carbocycles. The van der Waals surface area contributed by atoms with E-state index in [1.165, 1.54) is 0 Å². The van der Waals surface area contributed by atoms with Crippen LogP contribution >= 0.6 is 0 Å². The van der Waals surface area contributed by atoms with E-state index in [-0.39, 0.29) is 30.5 Å². The maximum atomic E-state index is 13.0. The van der Waals surface area contributed by atoms with Gasteiger partial charge in [-0.2, -0.15) is 0 Å². The van der Waals surface area contributed by atoms with Gasteiger partial charge in [-0.15, -0.1) is 0 Å². The van der Waals surface area contributed by atoms with Crippen LogP contribution in [0.2, 0.25) is 0 Å². The lowest BCUT2D eigenvalue weighted by Crippen LogP contribution is -2.54. The first kappa shape index (κ1) is 28.6. The quantitative estimate of drug-likeness (QED) is 0.436. The largest absolute Gasteiger partial charge is 0.497 e. The number of carbonyl (C=O) groups is 2. The number of benzene rings is 1. The molecule has 0 aromatic heterocycles. The molecule has 36 heavy (non-hydrogen) atoms. The van der Waals surface area contributed by atoms with Gasteiger partial charge in [-0.25, -0.2) is 8.51 Å². The van der Waals surface area contributed by atoms with Crippen molar-refractivity contribution in [2.45, 2.75) is 56.5 Å². The summed E-state index contributed by atoms with van der Waals surface area (Å²) < 4.78 is 25.7. The molecule has 0 N–H and O–H groups in total. The van der Waals surface area contributed by atoms with Crippen molar-refractivity contribution < 1.29 is 23.3 Å². The number of nitrogens with zero attached hydrogens (tertiary/aromatic N) is 4. The second kappa shape index (κ2) is 13.0. The van der Waals surface area contributed by atoms with Crippen LogP contribution in [0.5, 0.6) is 5.75 Å². The van der Waals surface area contributed by atoms with Gasteiger partial charge >= 0.3 is 0 Å². The van der Waals surface area contributed by atoms with Crippen molar-refractivity contribution in [1.29, 1.82) is 0 Å². The van der Waals surface area contributed by atoms with Gasteiger partial charge in [-0.3, -0.25) is 14.5 Å². The molecule has 1 heterocycles. The second-order valence-electron chi connectivity index (χ2n) is 10.0. The van der Waals surface area contributed by atoms with Gasteiger partial charge in [0.25, 0.3) is 0 Å². The first-order valence-corrected chi connectivity index (χ1v) is 13.8. The molecule has 3 rings (SSSR count). The number of rotatable bonds is 10. The molecule has 1 unspecified atom stereocenters. The minimum Gasteiger partial charge on any atom is -0.497 e. The van der Waals surface area contributed by atoms with Crippen molar-refractivity contribution in [2.24, 2.45) is 0 Å². The number of piperazine rings is 1.